The minimum atomic E-state index is -0.831. The van der Waals surface area contributed by atoms with E-state index in [1.807, 2.05) is 18.7 Å². The highest BCUT2D eigenvalue weighted by Crippen LogP contribution is 2.59. The Hall–Kier alpha value is -1.06. The minimum Gasteiger partial charge on any atom is -0.481 e. The number of carbonyl (C=O) groups excluding carboxylic acids is 1. The fourth-order valence-electron chi connectivity index (χ4n) is 2.99. The van der Waals surface area contributed by atoms with Crippen LogP contribution in [0.3, 0.4) is 0 Å². The maximum atomic E-state index is 12.6. The molecule has 0 aliphatic heterocycles. The summed E-state index contributed by atoms with van der Waals surface area (Å²) in [4.78, 5) is 25.7. The lowest BCUT2D eigenvalue weighted by molar-refractivity contribution is -0.142. The average Bonchev–Trinajstić information content (AvgIpc) is 3.14. The number of carboxylic acids is 1. The van der Waals surface area contributed by atoms with Gasteiger partial charge in [-0.15, -0.1) is 0 Å². The van der Waals surface area contributed by atoms with E-state index in [0.717, 1.165) is 25.8 Å². The van der Waals surface area contributed by atoms with Gasteiger partial charge in [0.05, 0.1) is 11.8 Å². The Kier molecular flexibility index (Phi) is 3.63. The summed E-state index contributed by atoms with van der Waals surface area (Å²) in [6, 6.07) is 0.372. The third-order valence-electron chi connectivity index (χ3n) is 4.58. The SMILES string of the molecule is CC(C)CCN(C(=O)C1C(C(=O)O)C1(C)C)C1CC1. The van der Waals surface area contributed by atoms with Gasteiger partial charge in [0, 0.05) is 12.6 Å². The topological polar surface area (TPSA) is 57.6 Å². The van der Waals surface area contributed by atoms with E-state index in [1.54, 1.807) is 0 Å². The maximum absolute atomic E-state index is 12.6. The Morgan fingerprint density at radius 3 is 2.21 bits per heavy atom. The van der Waals surface area contributed by atoms with E-state index < -0.39 is 11.9 Å². The highest BCUT2D eigenvalue weighted by molar-refractivity contribution is 5.92. The second kappa shape index (κ2) is 4.80. The molecule has 2 atom stereocenters. The maximum Gasteiger partial charge on any atom is 0.307 e. The Balaban J connectivity index is 2.02. The zero-order chi connectivity index (χ0) is 14.4. The molecule has 2 rings (SSSR count). The Morgan fingerprint density at radius 2 is 1.84 bits per heavy atom. The number of hydrogen-bond donors (Lipinski definition) is 1. The molecule has 0 radical (unpaired) electrons. The number of carboxylic acid groups (broad SMARTS) is 1. The van der Waals surface area contributed by atoms with E-state index in [4.69, 9.17) is 0 Å². The lowest BCUT2D eigenvalue weighted by Crippen LogP contribution is -2.37. The van der Waals surface area contributed by atoms with Crippen LogP contribution in [0.5, 0.6) is 0 Å². The van der Waals surface area contributed by atoms with E-state index in [0.29, 0.717) is 12.0 Å². The largest absolute Gasteiger partial charge is 0.481 e. The molecule has 1 amide bonds. The van der Waals surface area contributed by atoms with Gasteiger partial charge in [-0.25, -0.2) is 0 Å². The van der Waals surface area contributed by atoms with Crippen LogP contribution in [-0.4, -0.2) is 34.5 Å². The zero-order valence-electron chi connectivity index (χ0n) is 12.3. The van der Waals surface area contributed by atoms with Crippen molar-refractivity contribution >= 4 is 11.9 Å². The first-order valence-electron chi connectivity index (χ1n) is 7.30. The van der Waals surface area contributed by atoms with Crippen LogP contribution >= 0.6 is 0 Å². The van der Waals surface area contributed by atoms with Gasteiger partial charge in [-0.2, -0.15) is 0 Å². The van der Waals surface area contributed by atoms with Crippen molar-refractivity contribution in [2.24, 2.45) is 23.2 Å². The summed E-state index contributed by atoms with van der Waals surface area (Å²) < 4.78 is 0. The number of hydrogen-bond acceptors (Lipinski definition) is 2. The van der Waals surface area contributed by atoms with Gasteiger partial charge in [0.2, 0.25) is 5.91 Å². The third kappa shape index (κ3) is 2.77. The summed E-state index contributed by atoms with van der Waals surface area (Å²) in [6.07, 6.45) is 3.15. The number of carbonyl (C=O) groups is 2. The molecule has 4 heteroatoms. The van der Waals surface area contributed by atoms with Crippen molar-refractivity contribution in [2.45, 2.75) is 53.0 Å². The van der Waals surface area contributed by atoms with E-state index in [9.17, 15) is 14.7 Å². The van der Waals surface area contributed by atoms with Crippen LogP contribution in [0.25, 0.3) is 0 Å². The summed E-state index contributed by atoms with van der Waals surface area (Å²) in [7, 11) is 0. The van der Waals surface area contributed by atoms with Gasteiger partial charge in [0.25, 0.3) is 0 Å². The van der Waals surface area contributed by atoms with Crippen LogP contribution in [0.1, 0.15) is 47.0 Å². The molecule has 1 N–H and O–H groups in total. The summed E-state index contributed by atoms with van der Waals surface area (Å²) in [6.45, 7) is 8.86. The third-order valence-corrected chi connectivity index (χ3v) is 4.58. The van der Waals surface area contributed by atoms with Gasteiger partial charge in [0.1, 0.15) is 0 Å². The van der Waals surface area contributed by atoms with E-state index in [-0.39, 0.29) is 17.2 Å². The van der Waals surface area contributed by atoms with E-state index in [1.165, 1.54) is 0 Å². The summed E-state index contributed by atoms with van der Waals surface area (Å²) in [5.74, 6) is -1.02. The molecule has 4 nitrogen and oxygen atoms in total. The van der Waals surface area contributed by atoms with E-state index >= 15 is 0 Å². The van der Waals surface area contributed by atoms with Crippen LogP contribution in [0.2, 0.25) is 0 Å². The predicted molar refractivity (Wildman–Crippen MR) is 72.6 cm³/mol. The van der Waals surface area contributed by atoms with Crippen molar-refractivity contribution in [3.05, 3.63) is 0 Å². The van der Waals surface area contributed by atoms with Crippen LogP contribution in [0.15, 0.2) is 0 Å². The quantitative estimate of drug-likeness (QED) is 0.804. The molecule has 2 aliphatic carbocycles. The van der Waals surface area contributed by atoms with Gasteiger partial charge >= 0.3 is 5.97 Å². The lowest BCUT2D eigenvalue weighted by atomic mass is 10.1. The van der Waals surface area contributed by atoms with Gasteiger partial charge in [-0.1, -0.05) is 27.7 Å². The fraction of sp³-hybridized carbons (Fsp3) is 0.867. The Labute approximate surface area is 115 Å². The van der Waals surface area contributed by atoms with Crippen molar-refractivity contribution in [2.75, 3.05) is 6.54 Å². The summed E-state index contributed by atoms with van der Waals surface area (Å²) in [5, 5.41) is 9.19. The molecule has 2 unspecified atom stereocenters. The highest BCUT2D eigenvalue weighted by Gasteiger charge is 2.67. The van der Waals surface area contributed by atoms with Crippen LogP contribution in [0.4, 0.5) is 0 Å². The molecule has 2 aliphatic rings. The molecule has 2 saturated carbocycles. The standard InChI is InChI=1S/C15H25NO3/c1-9(2)7-8-16(10-5-6-10)13(17)11-12(14(18)19)15(11,3)4/h9-12H,5-8H2,1-4H3,(H,18,19). The van der Waals surface area contributed by atoms with Crippen molar-refractivity contribution in [3.8, 4) is 0 Å². The smallest absolute Gasteiger partial charge is 0.307 e. The molecule has 2 fully saturated rings. The molecular formula is C15H25NO3. The van der Waals surface area contributed by atoms with Crippen molar-refractivity contribution < 1.29 is 14.7 Å². The zero-order valence-corrected chi connectivity index (χ0v) is 12.3. The van der Waals surface area contributed by atoms with Crippen molar-refractivity contribution in [1.29, 1.82) is 0 Å². The minimum absolute atomic E-state index is 0.0700. The van der Waals surface area contributed by atoms with Crippen molar-refractivity contribution in [3.63, 3.8) is 0 Å². The molecular weight excluding hydrogens is 242 g/mol. The Morgan fingerprint density at radius 1 is 1.26 bits per heavy atom. The fourth-order valence-corrected chi connectivity index (χ4v) is 2.99. The first kappa shape index (κ1) is 14.4. The Bertz CT molecular complexity index is 385. The molecule has 0 aromatic heterocycles. The second-order valence-electron chi connectivity index (χ2n) is 7.06. The molecule has 0 spiro atoms. The van der Waals surface area contributed by atoms with E-state index in [2.05, 4.69) is 13.8 Å². The molecule has 19 heavy (non-hydrogen) atoms. The number of amides is 1. The number of nitrogens with zero attached hydrogens (tertiary/aromatic N) is 1. The predicted octanol–water partition coefficient (Wildman–Crippen LogP) is 2.38. The highest BCUT2D eigenvalue weighted by atomic mass is 16.4. The van der Waals surface area contributed by atoms with Crippen LogP contribution in [0, 0.1) is 23.2 Å². The second-order valence-corrected chi connectivity index (χ2v) is 7.06. The average molecular weight is 267 g/mol. The molecule has 0 bridgehead atoms. The first-order chi connectivity index (χ1) is 8.76. The van der Waals surface area contributed by atoms with Gasteiger partial charge in [-0.05, 0) is 30.6 Å². The molecule has 0 aromatic rings. The van der Waals surface area contributed by atoms with Gasteiger partial charge < -0.3 is 10.0 Å². The van der Waals surface area contributed by atoms with Gasteiger partial charge in [0.15, 0.2) is 0 Å². The summed E-state index contributed by atoms with van der Waals surface area (Å²) in [5.41, 5.74) is -0.381. The van der Waals surface area contributed by atoms with Gasteiger partial charge in [-0.3, -0.25) is 9.59 Å². The molecule has 0 aromatic carbocycles. The first-order valence-corrected chi connectivity index (χ1v) is 7.30. The number of rotatable bonds is 6. The molecule has 108 valence electrons. The molecule has 0 heterocycles. The normalized spacial score (nSPS) is 28.3. The van der Waals surface area contributed by atoms with Crippen LogP contribution < -0.4 is 0 Å². The van der Waals surface area contributed by atoms with Crippen LogP contribution in [-0.2, 0) is 9.59 Å². The molecule has 0 saturated heterocycles. The number of aliphatic carboxylic acids is 1. The van der Waals surface area contributed by atoms with Crippen molar-refractivity contribution in [1.82, 2.24) is 4.90 Å². The summed E-state index contributed by atoms with van der Waals surface area (Å²) >= 11 is 0. The lowest BCUT2D eigenvalue weighted by Gasteiger charge is -2.24. The monoisotopic (exact) mass is 267 g/mol.